The number of amides is 1. The molecule has 0 saturated heterocycles. The zero-order chi connectivity index (χ0) is 24.5. The number of aryl methyl sites for hydroxylation is 3. The number of aromatic nitrogens is 1. The van der Waals surface area contributed by atoms with E-state index in [1.807, 2.05) is 37.3 Å². The molecular formula is C26H27N3O3S2. The van der Waals surface area contributed by atoms with E-state index in [4.69, 9.17) is 0 Å². The van der Waals surface area contributed by atoms with Crippen molar-refractivity contribution in [1.82, 2.24) is 8.87 Å². The van der Waals surface area contributed by atoms with Crippen LogP contribution >= 0.6 is 11.3 Å². The number of benzene rings is 3. The second kappa shape index (κ2) is 9.66. The normalized spacial score (nSPS) is 12.6. The molecule has 3 aromatic carbocycles. The number of carbonyl (C=O) groups is 1. The molecule has 34 heavy (non-hydrogen) atoms. The molecule has 0 unspecified atom stereocenters. The molecule has 4 rings (SSSR count). The Hall–Kier alpha value is -3.07. The number of nitrogens with zero attached hydrogens (tertiary/aromatic N) is 3. The Morgan fingerprint density at radius 3 is 2.32 bits per heavy atom. The molecule has 0 saturated carbocycles. The Balaban J connectivity index is 1.62. The highest BCUT2D eigenvalue weighted by Crippen LogP contribution is 2.24. The fraction of sp³-hybridized carbons (Fsp3) is 0.231. The topological polar surface area (TPSA) is 71.7 Å². The highest BCUT2D eigenvalue weighted by molar-refractivity contribution is 7.89. The largest absolute Gasteiger partial charge is 0.316 e. The second-order valence-corrected chi connectivity index (χ2v) is 11.2. The molecule has 0 fully saturated rings. The van der Waals surface area contributed by atoms with E-state index < -0.39 is 15.9 Å². The van der Waals surface area contributed by atoms with Crippen molar-refractivity contribution in [2.45, 2.75) is 38.8 Å². The van der Waals surface area contributed by atoms with E-state index in [0.29, 0.717) is 16.9 Å². The number of carbonyl (C=O) groups excluding carboxylic acids is 1. The van der Waals surface area contributed by atoms with Crippen molar-refractivity contribution in [1.29, 1.82) is 0 Å². The summed E-state index contributed by atoms with van der Waals surface area (Å²) in [6.45, 7) is 7.14. The summed E-state index contributed by atoms with van der Waals surface area (Å²) in [5.74, 6) is -0.398. The summed E-state index contributed by atoms with van der Waals surface area (Å²) in [5.41, 5.74) is 4.72. The molecule has 8 heteroatoms. The number of hydrogen-bond acceptors (Lipinski definition) is 4. The van der Waals surface area contributed by atoms with Crippen molar-refractivity contribution in [3.8, 4) is 0 Å². The van der Waals surface area contributed by atoms with Gasteiger partial charge in [-0.3, -0.25) is 4.79 Å². The molecule has 176 valence electrons. The van der Waals surface area contributed by atoms with E-state index in [9.17, 15) is 13.2 Å². The van der Waals surface area contributed by atoms with Gasteiger partial charge in [-0.1, -0.05) is 47.7 Å². The van der Waals surface area contributed by atoms with Crippen LogP contribution in [0.5, 0.6) is 0 Å². The third kappa shape index (κ3) is 4.61. The van der Waals surface area contributed by atoms with Crippen LogP contribution in [0.1, 0.15) is 34.0 Å². The van der Waals surface area contributed by atoms with E-state index in [1.165, 1.54) is 51.0 Å². The number of fused-ring (bicyclic) bond motifs is 1. The summed E-state index contributed by atoms with van der Waals surface area (Å²) in [4.78, 5) is 18.1. The van der Waals surface area contributed by atoms with Crippen LogP contribution in [0, 0.1) is 13.8 Å². The first-order valence-electron chi connectivity index (χ1n) is 11.0. The standard InChI is InChI=1S/C26H27N3O3S2/c1-5-29-24-19(3)18(2)11-16-23(24)33-26(29)27-25(30)21-12-14-22(15-13-21)34(31,32)28(4)17-20-9-7-6-8-10-20/h6-16H,5,17H2,1-4H3. The van der Waals surface area contributed by atoms with E-state index in [0.717, 1.165) is 15.8 Å². The van der Waals surface area contributed by atoms with Crippen molar-refractivity contribution in [2.24, 2.45) is 4.99 Å². The quantitative estimate of drug-likeness (QED) is 0.383. The average molecular weight is 494 g/mol. The summed E-state index contributed by atoms with van der Waals surface area (Å²) < 4.78 is 30.4. The Labute approximate surface area is 203 Å². The van der Waals surface area contributed by atoms with Crippen molar-refractivity contribution in [3.63, 3.8) is 0 Å². The van der Waals surface area contributed by atoms with Crippen LogP contribution in [0.4, 0.5) is 0 Å². The number of hydrogen-bond donors (Lipinski definition) is 0. The molecule has 0 N–H and O–H groups in total. The molecule has 1 aromatic heterocycles. The summed E-state index contributed by atoms with van der Waals surface area (Å²) in [5, 5.41) is 0. The summed E-state index contributed by atoms with van der Waals surface area (Å²) in [6.07, 6.45) is 0. The zero-order valence-electron chi connectivity index (χ0n) is 19.6. The van der Waals surface area contributed by atoms with Crippen LogP contribution in [0.15, 0.2) is 76.6 Å². The van der Waals surface area contributed by atoms with Gasteiger partial charge in [0, 0.05) is 25.7 Å². The number of rotatable bonds is 6. The SMILES string of the molecule is CCn1c(=NC(=O)c2ccc(S(=O)(=O)N(C)Cc3ccccc3)cc2)sc2ccc(C)c(C)c21. The zero-order valence-corrected chi connectivity index (χ0v) is 21.3. The van der Waals surface area contributed by atoms with E-state index >= 15 is 0 Å². The Morgan fingerprint density at radius 2 is 1.68 bits per heavy atom. The van der Waals surface area contributed by atoms with Crippen LogP contribution in [0.3, 0.4) is 0 Å². The Kier molecular flexibility index (Phi) is 6.84. The molecule has 0 atom stereocenters. The lowest BCUT2D eigenvalue weighted by Gasteiger charge is -2.17. The summed E-state index contributed by atoms with van der Waals surface area (Å²) >= 11 is 1.48. The predicted molar refractivity (Wildman–Crippen MR) is 136 cm³/mol. The minimum atomic E-state index is -3.69. The van der Waals surface area contributed by atoms with Crippen molar-refractivity contribution < 1.29 is 13.2 Å². The second-order valence-electron chi connectivity index (χ2n) is 8.17. The Morgan fingerprint density at radius 1 is 1.00 bits per heavy atom. The first kappa shape index (κ1) is 24.1. The maximum Gasteiger partial charge on any atom is 0.279 e. The molecule has 6 nitrogen and oxygen atoms in total. The summed E-state index contributed by atoms with van der Waals surface area (Å²) in [7, 11) is -2.14. The Bertz CT molecular complexity index is 1520. The van der Waals surface area contributed by atoms with E-state index in [1.54, 1.807) is 7.05 Å². The number of sulfonamides is 1. The maximum atomic E-state index is 13.0. The van der Waals surface area contributed by atoms with Crippen LogP contribution in [0.25, 0.3) is 10.2 Å². The molecule has 1 heterocycles. The highest BCUT2D eigenvalue weighted by atomic mass is 32.2. The fourth-order valence-corrected chi connectivity index (χ4v) is 6.16. The van der Waals surface area contributed by atoms with E-state index in [-0.39, 0.29) is 11.4 Å². The number of thiazole rings is 1. The molecular weight excluding hydrogens is 466 g/mol. The molecule has 0 aliphatic heterocycles. The minimum Gasteiger partial charge on any atom is -0.316 e. The highest BCUT2D eigenvalue weighted by Gasteiger charge is 2.21. The van der Waals surface area contributed by atoms with Gasteiger partial charge in [0.2, 0.25) is 10.0 Å². The molecule has 0 spiro atoms. The summed E-state index contributed by atoms with van der Waals surface area (Å²) in [6, 6.07) is 19.5. The van der Waals surface area contributed by atoms with Crippen molar-refractivity contribution in [2.75, 3.05) is 7.05 Å². The third-order valence-electron chi connectivity index (χ3n) is 5.94. The first-order valence-corrected chi connectivity index (χ1v) is 13.3. The van der Waals surface area contributed by atoms with Crippen LogP contribution in [-0.2, 0) is 23.1 Å². The van der Waals surface area contributed by atoms with Crippen LogP contribution in [-0.4, -0.2) is 30.2 Å². The molecule has 0 aliphatic carbocycles. The van der Waals surface area contributed by atoms with Gasteiger partial charge in [0.15, 0.2) is 4.80 Å². The van der Waals surface area contributed by atoms with Gasteiger partial charge in [-0.15, -0.1) is 0 Å². The predicted octanol–water partition coefficient (Wildman–Crippen LogP) is 4.90. The lowest BCUT2D eigenvalue weighted by molar-refractivity contribution is 0.0997. The van der Waals surface area contributed by atoms with Gasteiger partial charge in [0.25, 0.3) is 5.91 Å². The minimum absolute atomic E-state index is 0.138. The van der Waals surface area contributed by atoms with E-state index in [2.05, 4.69) is 35.5 Å². The van der Waals surface area contributed by atoms with Crippen LogP contribution in [0.2, 0.25) is 0 Å². The van der Waals surface area contributed by atoms with Crippen molar-refractivity contribution in [3.05, 3.63) is 93.8 Å². The third-order valence-corrected chi connectivity index (χ3v) is 8.80. The average Bonchev–Trinajstić information content (AvgIpc) is 3.19. The smallest absolute Gasteiger partial charge is 0.279 e. The van der Waals surface area contributed by atoms with Gasteiger partial charge in [0.1, 0.15) is 0 Å². The van der Waals surface area contributed by atoms with Gasteiger partial charge < -0.3 is 4.57 Å². The molecule has 0 radical (unpaired) electrons. The lowest BCUT2D eigenvalue weighted by Crippen LogP contribution is -2.26. The van der Waals surface area contributed by atoms with Gasteiger partial charge >= 0.3 is 0 Å². The maximum absolute atomic E-state index is 13.0. The first-order chi connectivity index (χ1) is 16.2. The monoisotopic (exact) mass is 493 g/mol. The van der Waals surface area contributed by atoms with Gasteiger partial charge in [-0.05, 0) is 67.8 Å². The molecule has 0 bridgehead atoms. The lowest BCUT2D eigenvalue weighted by atomic mass is 10.1. The molecule has 0 aliphatic rings. The van der Waals surface area contributed by atoms with Gasteiger partial charge in [-0.2, -0.15) is 9.30 Å². The van der Waals surface area contributed by atoms with Gasteiger partial charge in [0.05, 0.1) is 15.1 Å². The molecule has 1 amide bonds. The fourth-order valence-electron chi connectivity index (χ4n) is 3.85. The van der Waals surface area contributed by atoms with Gasteiger partial charge in [-0.25, -0.2) is 8.42 Å². The van der Waals surface area contributed by atoms with Crippen molar-refractivity contribution >= 4 is 37.5 Å². The molecule has 4 aromatic rings. The van der Waals surface area contributed by atoms with Crippen LogP contribution < -0.4 is 4.80 Å².